The molecule has 2 fully saturated rings. The van der Waals surface area contributed by atoms with Gasteiger partial charge in [-0.05, 0) is 79.7 Å². The fraction of sp³-hybridized carbons (Fsp3) is 0.611. The van der Waals surface area contributed by atoms with Crippen LogP contribution in [0.1, 0.15) is 81.1 Å². The molecule has 0 aliphatic carbocycles. The Morgan fingerprint density at radius 2 is 0.854 bits per heavy atom. The van der Waals surface area contributed by atoms with Gasteiger partial charge in [-0.2, -0.15) is 0 Å². The maximum absolute atomic E-state index is 13.7. The molecule has 2 aliphatic heterocycles. The highest BCUT2D eigenvalue weighted by molar-refractivity contribution is 6.39. The lowest BCUT2D eigenvalue weighted by atomic mass is 9.79. The predicted molar refractivity (Wildman–Crippen MR) is 175 cm³/mol. The van der Waals surface area contributed by atoms with Crippen molar-refractivity contribution in [2.75, 3.05) is 14.2 Å². The van der Waals surface area contributed by atoms with Crippen LogP contribution in [0.5, 0.6) is 11.5 Å². The second-order valence-corrected chi connectivity index (χ2v) is 15.3. The third-order valence-corrected chi connectivity index (χ3v) is 9.91. The number of Topliss-reactive ketones (excluding diaryl/α,β-unsaturated/α-hetero) is 2. The van der Waals surface area contributed by atoms with Crippen molar-refractivity contribution in [3.05, 3.63) is 60.7 Å². The van der Waals surface area contributed by atoms with Gasteiger partial charge in [-0.15, -0.1) is 9.68 Å². The van der Waals surface area contributed by atoms with E-state index < -0.39 is 55.9 Å². The largest absolute Gasteiger partial charge is 0.381 e. The van der Waals surface area contributed by atoms with E-state index in [1.165, 1.54) is 0 Å². The molecule has 2 heterocycles. The van der Waals surface area contributed by atoms with Gasteiger partial charge in [-0.25, -0.2) is 0 Å². The molecule has 2 atom stereocenters. The minimum atomic E-state index is -2.32. The molecule has 2 saturated heterocycles. The van der Waals surface area contributed by atoms with Crippen molar-refractivity contribution in [3.8, 4) is 11.5 Å². The zero-order valence-electron chi connectivity index (χ0n) is 30.0. The Morgan fingerprint density at radius 3 is 1.10 bits per heavy atom. The number of rotatable bonds is 13. The standard InChI is InChI=1S/C36H54N2O10/c1-33(2)21-27(43-9)22-34(3,4)37(33,45-25-17-13-11-14-18-25)47-31(41)29(39)30(40)32(42)48-38(46-26-19-15-12-16-20-26)35(5,6)23-28(44-10)24-36(38,7)8/h11-20,27-28,31-32,41-42H,21-24H2,1-10H3/q+2. The summed E-state index contributed by atoms with van der Waals surface area (Å²) in [5.74, 6) is -1.95. The number of nitrogens with zero attached hydrogens (tertiary/aromatic N) is 2. The Labute approximate surface area is 284 Å². The van der Waals surface area contributed by atoms with Crippen LogP contribution in [-0.4, -0.2) is 92.6 Å². The lowest BCUT2D eigenvalue weighted by Gasteiger charge is -2.56. The van der Waals surface area contributed by atoms with Crippen LogP contribution in [0.3, 0.4) is 0 Å². The van der Waals surface area contributed by atoms with Crippen molar-refractivity contribution >= 4 is 11.6 Å². The summed E-state index contributed by atoms with van der Waals surface area (Å²) in [6, 6.07) is 17.8. The Hall–Kier alpha value is -2.94. The maximum Gasteiger partial charge on any atom is 0.285 e. The molecule has 48 heavy (non-hydrogen) atoms. The average molecular weight is 675 g/mol. The second-order valence-electron chi connectivity index (χ2n) is 15.3. The van der Waals surface area contributed by atoms with Crippen molar-refractivity contribution < 1.29 is 58.2 Å². The number of hydroxylamine groups is 8. The van der Waals surface area contributed by atoms with Gasteiger partial charge in [0.15, 0.2) is 33.7 Å². The molecule has 2 aromatic rings. The fourth-order valence-electron chi connectivity index (χ4n) is 7.81. The summed E-state index contributed by atoms with van der Waals surface area (Å²) in [6.07, 6.45) is -3.16. The summed E-state index contributed by atoms with van der Waals surface area (Å²) in [6.45, 7) is 15.0. The molecule has 12 nitrogen and oxygen atoms in total. The van der Waals surface area contributed by atoms with Gasteiger partial charge >= 0.3 is 0 Å². The number of aliphatic hydroxyl groups excluding tert-OH is 2. The lowest BCUT2D eigenvalue weighted by molar-refractivity contribution is -1.29. The highest BCUT2D eigenvalue weighted by atomic mass is 17.0. The molecule has 266 valence electrons. The van der Waals surface area contributed by atoms with E-state index >= 15 is 0 Å². The Kier molecular flexibility index (Phi) is 10.9. The van der Waals surface area contributed by atoms with E-state index in [-0.39, 0.29) is 12.2 Å². The van der Waals surface area contributed by atoms with Crippen LogP contribution in [-0.2, 0) is 28.7 Å². The summed E-state index contributed by atoms with van der Waals surface area (Å²) in [7, 11) is 3.26. The van der Waals surface area contributed by atoms with Crippen molar-refractivity contribution in [2.45, 2.75) is 128 Å². The molecule has 2 aliphatic rings. The molecular formula is C36H54N2O10+2. The first-order chi connectivity index (χ1) is 22.3. The SMILES string of the molecule is COC1CC(C)(C)[N+](Oc2ccccc2)(OC(O)C(=O)C(=O)C(O)O[N+]2(Oc3ccccc3)C(C)(C)CC(OC)CC2(C)C)C(C)(C)C1. The van der Waals surface area contributed by atoms with Gasteiger partial charge in [0.1, 0.15) is 0 Å². The van der Waals surface area contributed by atoms with Gasteiger partial charge in [-0.3, -0.25) is 19.3 Å². The first-order valence-corrected chi connectivity index (χ1v) is 16.4. The number of quaternary nitrogens is 2. The minimum Gasteiger partial charge on any atom is -0.381 e. The third-order valence-electron chi connectivity index (χ3n) is 9.91. The van der Waals surface area contributed by atoms with E-state index in [1.54, 1.807) is 62.8 Å². The monoisotopic (exact) mass is 674 g/mol. The smallest absolute Gasteiger partial charge is 0.285 e. The van der Waals surface area contributed by atoms with E-state index in [4.69, 9.17) is 28.8 Å². The number of hydrogen-bond donors (Lipinski definition) is 2. The van der Waals surface area contributed by atoms with Crippen molar-refractivity contribution in [1.82, 2.24) is 0 Å². The van der Waals surface area contributed by atoms with Gasteiger partial charge in [-0.1, -0.05) is 36.4 Å². The third kappa shape index (κ3) is 6.90. The van der Waals surface area contributed by atoms with Crippen LogP contribution in [0, 0.1) is 0 Å². The molecule has 0 saturated carbocycles. The molecule has 0 radical (unpaired) electrons. The number of benzene rings is 2. The highest BCUT2D eigenvalue weighted by Gasteiger charge is 2.69. The molecule has 12 heteroatoms. The van der Waals surface area contributed by atoms with Crippen LogP contribution in [0.25, 0.3) is 0 Å². The quantitative estimate of drug-likeness (QED) is 0.171. The first-order valence-electron chi connectivity index (χ1n) is 16.4. The van der Waals surface area contributed by atoms with Gasteiger partial charge in [0, 0.05) is 49.5 Å². The minimum absolute atomic E-state index is 0.160. The number of carbonyl (C=O) groups excluding carboxylic acids is 2. The first kappa shape index (κ1) is 37.9. The van der Waals surface area contributed by atoms with E-state index in [1.807, 2.05) is 67.5 Å². The van der Waals surface area contributed by atoms with Gasteiger partial charge < -0.3 is 19.7 Å². The van der Waals surface area contributed by atoms with Gasteiger partial charge in [0.25, 0.3) is 24.1 Å². The van der Waals surface area contributed by atoms with Crippen molar-refractivity contribution in [2.24, 2.45) is 0 Å². The predicted octanol–water partition coefficient (Wildman–Crippen LogP) is 4.98. The van der Waals surface area contributed by atoms with E-state index in [2.05, 4.69) is 0 Å². The fourth-order valence-corrected chi connectivity index (χ4v) is 7.81. The summed E-state index contributed by atoms with van der Waals surface area (Å²) in [5.41, 5.74) is -3.57. The van der Waals surface area contributed by atoms with Crippen LogP contribution < -0.4 is 9.68 Å². The van der Waals surface area contributed by atoms with E-state index in [9.17, 15) is 19.8 Å². The summed E-state index contributed by atoms with van der Waals surface area (Å²) >= 11 is 0. The van der Waals surface area contributed by atoms with Crippen LogP contribution in [0.4, 0.5) is 0 Å². The average Bonchev–Trinajstić information content (AvgIpc) is 3.01. The van der Waals surface area contributed by atoms with Crippen LogP contribution in [0.2, 0.25) is 0 Å². The number of carbonyl (C=O) groups is 2. The number of aliphatic hydroxyl groups is 2. The number of ether oxygens (including phenoxy) is 2. The molecule has 2 unspecified atom stereocenters. The molecule has 0 bridgehead atoms. The van der Waals surface area contributed by atoms with Crippen LogP contribution >= 0.6 is 0 Å². The summed E-state index contributed by atoms with van der Waals surface area (Å²) in [4.78, 5) is 51.5. The Morgan fingerprint density at radius 1 is 0.583 bits per heavy atom. The molecule has 0 amide bonds. The zero-order valence-corrected chi connectivity index (χ0v) is 30.0. The van der Waals surface area contributed by atoms with E-state index in [0.29, 0.717) is 37.2 Å². The molecule has 2 aromatic carbocycles. The number of methoxy groups -OCH3 is 2. The maximum atomic E-state index is 13.7. The number of para-hydroxylation sites is 2. The molecule has 0 aromatic heterocycles. The normalized spacial score (nSPS) is 30.1. The summed E-state index contributed by atoms with van der Waals surface area (Å²) < 4.78 is 11.4. The van der Waals surface area contributed by atoms with Crippen LogP contribution in [0.15, 0.2) is 60.7 Å². The van der Waals surface area contributed by atoms with E-state index in [0.717, 1.165) is 0 Å². The van der Waals surface area contributed by atoms with Gasteiger partial charge in [0.2, 0.25) is 0 Å². The Bertz CT molecular complexity index is 1270. The molecular weight excluding hydrogens is 620 g/mol. The highest BCUT2D eigenvalue weighted by Crippen LogP contribution is 2.50. The number of ketones is 2. The lowest BCUT2D eigenvalue weighted by Crippen LogP contribution is -2.78. The number of piperidine rings is 2. The molecule has 4 rings (SSSR count). The number of hydrogen-bond acceptors (Lipinski definition) is 10. The van der Waals surface area contributed by atoms with Crippen molar-refractivity contribution in [3.63, 3.8) is 0 Å². The second kappa shape index (κ2) is 13.8. The molecule has 0 spiro atoms. The zero-order chi connectivity index (χ0) is 35.8. The summed E-state index contributed by atoms with van der Waals surface area (Å²) in [5, 5.41) is 22.7. The van der Waals surface area contributed by atoms with Crippen molar-refractivity contribution in [1.29, 1.82) is 0 Å². The Balaban J connectivity index is 1.67. The van der Waals surface area contributed by atoms with Gasteiger partial charge in [0.05, 0.1) is 12.2 Å². The molecule has 2 N–H and O–H groups in total. The topological polar surface area (TPSA) is 130 Å².